The van der Waals surface area contributed by atoms with Crippen LogP contribution < -0.4 is 4.72 Å². The number of carbonyl (C=O) groups is 1. The molecule has 2 rings (SSSR count). The van der Waals surface area contributed by atoms with Crippen molar-refractivity contribution in [2.24, 2.45) is 5.92 Å². The van der Waals surface area contributed by atoms with Gasteiger partial charge in [-0.25, -0.2) is 13.1 Å². The van der Waals surface area contributed by atoms with Gasteiger partial charge < -0.3 is 4.90 Å². The fraction of sp³-hybridized carbons (Fsp3) is 0.611. The first-order chi connectivity index (χ1) is 11.3. The van der Waals surface area contributed by atoms with Gasteiger partial charge in [-0.15, -0.1) is 0 Å². The summed E-state index contributed by atoms with van der Waals surface area (Å²) in [5.74, 6) is 0.322. The van der Waals surface area contributed by atoms with Crippen LogP contribution in [0.25, 0.3) is 0 Å². The number of rotatable bonds is 7. The van der Waals surface area contributed by atoms with Gasteiger partial charge in [-0.2, -0.15) is 0 Å². The predicted octanol–water partition coefficient (Wildman–Crippen LogP) is 2.35. The highest BCUT2D eigenvalue weighted by atomic mass is 32.2. The van der Waals surface area contributed by atoms with Gasteiger partial charge in [0.2, 0.25) is 15.9 Å². The molecule has 1 aromatic carbocycles. The number of carbonyl (C=O) groups excluding carboxylic acids is 1. The highest BCUT2D eigenvalue weighted by Gasteiger charge is 2.18. The van der Waals surface area contributed by atoms with E-state index in [9.17, 15) is 13.2 Å². The van der Waals surface area contributed by atoms with Crippen molar-refractivity contribution < 1.29 is 13.2 Å². The monoisotopic (exact) mass is 352 g/mol. The first-order valence-electron chi connectivity index (χ1n) is 8.66. The van der Waals surface area contributed by atoms with E-state index >= 15 is 0 Å². The lowest BCUT2D eigenvalue weighted by molar-refractivity contribution is -0.129. The lowest BCUT2D eigenvalue weighted by atomic mass is 9.92. The molecule has 0 radical (unpaired) electrons. The summed E-state index contributed by atoms with van der Waals surface area (Å²) in [6, 6.07) is 5.42. The molecular weight excluding hydrogens is 324 g/mol. The maximum absolute atomic E-state index is 12.5. The van der Waals surface area contributed by atoms with Crippen molar-refractivity contribution in [1.82, 2.24) is 9.62 Å². The second kappa shape index (κ2) is 8.12. The molecule has 0 spiro atoms. The molecule has 1 N–H and O–H groups in total. The van der Waals surface area contributed by atoms with Crippen LogP contribution in [0.3, 0.4) is 0 Å². The fourth-order valence-corrected chi connectivity index (χ4v) is 4.16. The van der Waals surface area contributed by atoms with Crippen molar-refractivity contribution in [1.29, 1.82) is 0 Å². The van der Waals surface area contributed by atoms with Crippen molar-refractivity contribution in [3.05, 3.63) is 29.3 Å². The molecule has 0 aromatic heterocycles. The Labute approximate surface area is 145 Å². The van der Waals surface area contributed by atoms with Crippen LogP contribution in [-0.4, -0.2) is 38.9 Å². The molecular formula is C18H28N2O3S. The molecule has 0 saturated heterocycles. The quantitative estimate of drug-likeness (QED) is 0.819. The highest BCUT2D eigenvalue weighted by Crippen LogP contribution is 2.23. The van der Waals surface area contributed by atoms with Crippen molar-refractivity contribution in [2.75, 3.05) is 19.6 Å². The Kier molecular flexibility index (Phi) is 6.40. The van der Waals surface area contributed by atoms with Gasteiger partial charge >= 0.3 is 0 Å². The van der Waals surface area contributed by atoms with Gasteiger partial charge in [0, 0.05) is 26.6 Å². The normalized spacial score (nSPS) is 14.5. The van der Waals surface area contributed by atoms with Crippen LogP contribution in [0, 0.1) is 5.92 Å². The van der Waals surface area contributed by atoms with E-state index in [1.165, 1.54) is 18.9 Å². The molecule has 134 valence electrons. The van der Waals surface area contributed by atoms with Crippen LogP contribution in [0.5, 0.6) is 0 Å². The topological polar surface area (TPSA) is 66.5 Å². The van der Waals surface area contributed by atoms with Crippen LogP contribution in [0.15, 0.2) is 23.1 Å². The minimum atomic E-state index is -3.53. The molecule has 5 nitrogen and oxygen atoms in total. The molecule has 0 bridgehead atoms. The Morgan fingerprint density at radius 1 is 1.21 bits per heavy atom. The standard InChI is InChI=1S/C18H28N2O3S/c1-14(2)13-20(15(3)21)11-10-19-24(22,23)18-9-8-16-6-4-5-7-17(16)12-18/h8-9,12,14,19H,4-7,10-11,13H2,1-3H3. The van der Waals surface area contributed by atoms with Gasteiger partial charge in [0.1, 0.15) is 0 Å². The minimum Gasteiger partial charge on any atom is -0.341 e. The third-order valence-electron chi connectivity index (χ3n) is 4.33. The van der Waals surface area contributed by atoms with Gasteiger partial charge in [-0.1, -0.05) is 19.9 Å². The zero-order valence-electron chi connectivity index (χ0n) is 14.8. The summed E-state index contributed by atoms with van der Waals surface area (Å²) >= 11 is 0. The van der Waals surface area contributed by atoms with Gasteiger partial charge in [0.25, 0.3) is 0 Å². The second-order valence-corrected chi connectivity index (χ2v) is 8.66. The van der Waals surface area contributed by atoms with Crippen molar-refractivity contribution >= 4 is 15.9 Å². The second-order valence-electron chi connectivity index (χ2n) is 6.89. The van der Waals surface area contributed by atoms with E-state index in [0.29, 0.717) is 23.9 Å². The lowest BCUT2D eigenvalue weighted by Crippen LogP contribution is -2.39. The molecule has 0 heterocycles. The smallest absolute Gasteiger partial charge is 0.240 e. The Bertz CT molecular complexity index is 684. The molecule has 24 heavy (non-hydrogen) atoms. The summed E-state index contributed by atoms with van der Waals surface area (Å²) in [6.07, 6.45) is 4.28. The average Bonchev–Trinajstić information content (AvgIpc) is 2.52. The number of sulfonamides is 1. The van der Waals surface area contributed by atoms with E-state index in [1.54, 1.807) is 17.0 Å². The van der Waals surface area contributed by atoms with Crippen LogP contribution in [0.4, 0.5) is 0 Å². The number of aryl methyl sites for hydroxylation is 2. The Morgan fingerprint density at radius 2 is 1.88 bits per heavy atom. The van der Waals surface area contributed by atoms with Crippen molar-refractivity contribution in [2.45, 2.75) is 51.3 Å². The highest BCUT2D eigenvalue weighted by molar-refractivity contribution is 7.89. The largest absolute Gasteiger partial charge is 0.341 e. The molecule has 6 heteroatoms. The number of hydrogen-bond donors (Lipinski definition) is 1. The molecule has 0 aliphatic heterocycles. The van der Waals surface area contributed by atoms with Gasteiger partial charge in [-0.3, -0.25) is 4.79 Å². The summed E-state index contributed by atoms with van der Waals surface area (Å²) in [7, 11) is -3.53. The van der Waals surface area contributed by atoms with Gasteiger partial charge in [-0.05, 0) is 54.9 Å². The summed E-state index contributed by atoms with van der Waals surface area (Å²) in [5, 5.41) is 0. The summed E-state index contributed by atoms with van der Waals surface area (Å²) in [4.78, 5) is 13.6. The lowest BCUT2D eigenvalue weighted by Gasteiger charge is -2.23. The Morgan fingerprint density at radius 3 is 2.50 bits per heavy atom. The van der Waals surface area contributed by atoms with Gasteiger partial charge in [0.05, 0.1) is 4.90 Å². The van der Waals surface area contributed by atoms with Crippen LogP contribution in [0.2, 0.25) is 0 Å². The van der Waals surface area contributed by atoms with E-state index in [-0.39, 0.29) is 12.5 Å². The molecule has 0 atom stereocenters. The Balaban J connectivity index is 1.99. The molecule has 1 aliphatic carbocycles. The third kappa shape index (κ3) is 5.05. The number of benzene rings is 1. The molecule has 0 fully saturated rings. The van der Waals surface area contributed by atoms with E-state index in [0.717, 1.165) is 24.8 Å². The van der Waals surface area contributed by atoms with E-state index in [4.69, 9.17) is 0 Å². The first kappa shape index (κ1) is 18.9. The van der Waals surface area contributed by atoms with Crippen LogP contribution in [0.1, 0.15) is 44.7 Å². The SMILES string of the molecule is CC(=O)N(CCNS(=O)(=O)c1ccc2c(c1)CCCC2)CC(C)C. The summed E-state index contributed by atoms with van der Waals surface area (Å²) in [6.45, 7) is 6.83. The van der Waals surface area contributed by atoms with Crippen molar-refractivity contribution in [3.63, 3.8) is 0 Å². The third-order valence-corrected chi connectivity index (χ3v) is 5.79. The predicted molar refractivity (Wildman–Crippen MR) is 95.4 cm³/mol. The van der Waals surface area contributed by atoms with E-state index in [2.05, 4.69) is 4.72 Å². The van der Waals surface area contributed by atoms with Crippen molar-refractivity contribution in [3.8, 4) is 0 Å². The minimum absolute atomic E-state index is 0.0309. The number of nitrogens with zero attached hydrogens (tertiary/aromatic N) is 1. The maximum Gasteiger partial charge on any atom is 0.240 e. The number of amides is 1. The number of fused-ring (bicyclic) bond motifs is 1. The fourth-order valence-electron chi connectivity index (χ4n) is 3.09. The molecule has 0 saturated carbocycles. The van der Waals surface area contributed by atoms with Crippen LogP contribution in [-0.2, 0) is 27.7 Å². The molecule has 1 amide bonds. The number of hydrogen-bond acceptors (Lipinski definition) is 3. The Hall–Kier alpha value is -1.40. The van der Waals surface area contributed by atoms with Gasteiger partial charge in [0.15, 0.2) is 0 Å². The van der Waals surface area contributed by atoms with E-state index in [1.807, 2.05) is 19.9 Å². The zero-order valence-corrected chi connectivity index (χ0v) is 15.7. The summed E-state index contributed by atoms with van der Waals surface area (Å²) in [5.41, 5.74) is 2.41. The first-order valence-corrected chi connectivity index (χ1v) is 10.1. The van der Waals surface area contributed by atoms with Crippen LogP contribution >= 0.6 is 0 Å². The number of nitrogens with one attached hydrogen (secondary N) is 1. The summed E-state index contributed by atoms with van der Waals surface area (Å²) < 4.78 is 27.6. The maximum atomic E-state index is 12.5. The zero-order chi connectivity index (χ0) is 17.7. The molecule has 1 aliphatic rings. The average molecular weight is 353 g/mol. The molecule has 0 unspecified atom stereocenters. The van der Waals surface area contributed by atoms with E-state index < -0.39 is 10.0 Å². The molecule has 1 aromatic rings.